The molecule has 1 saturated heterocycles. The summed E-state index contributed by atoms with van der Waals surface area (Å²) < 4.78 is 5.21. The van der Waals surface area contributed by atoms with E-state index in [4.69, 9.17) is 4.74 Å². The molecule has 0 aliphatic carbocycles. The molecule has 18 heavy (non-hydrogen) atoms. The van der Waals surface area contributed by atoms with Crippen LogP contribution >= 0.6 is 0 Å². The Hall–Kier alpha value is -1.60. The minimum absolute atomic E-state index is 0.565. The van der Waals surface area contributed by atoms with Crippen molar-refractivity contribution in [3.8, 4) is 6.07 Å². The monoisotopic (exact) mass is 245 g/mol. The standard InChI is InChI=1S/C14H19N3O/c1-10-6-14(13(7-15)11(2)16-10)17-5-4-12(8-17)9-18-3/h6,12H,4-5,8-9H2,1-3H3. The maximum Gasteiger partial charge on any atom is 0.103 e. The number of aryl methyl sites for hydroxylation is 2. The fourth-order valence-corrected chi connectivity index (χ4v) is 2.62. The number of nitriles is 1. The molecule has 2 rings (SSSR count). The van der Waals surface area contributed by atoms with Crippen LogP contribution in [-0.2, 0) is 4.74 Å². The van der Waals surface area contributed by atoms with Gasteiger partial charge in [-0.1, -0.05) is 0 Å². The van der Waals surface area contributed by atoms with Crippen molar-refractivity contribution in [2.24, 2.45) is 5.92 Å². The predicted molar refractivity (Wildman–Crippen MR) is 70.6 cm³/mol. The third kappa shape index (κ3) is 2.46. The van der Waals surface area contributed by atoms with Crippen LogP contribution in [0, 0.1) is 31.1 Å². The minimum Gasteiger partial charge on any atom is -0.384 e. The molecular weight excluding hydrogens is 226 g/mol. The van der Waals surface area contributed by atoms with E-state index in [1.807, 2.05) is 19.9 Å². The normalized spacial score (nSPS) is 19.0. The van der Waals surface area contributed by atoms with Crippen LogP contribution < -0.4 is 4.90 Å². The van der Waals surface area contributed by atoms with E-state index in [0.29, 0.717) is 11.5 Å². The first-order chi connectivity index (χ1) is 8.65. The van der Waals surface area contributed by atoms with Gasteiger partial charge in [-0.25, -0.2) is 0 Å². The Balaban J connectivity index is 2.27. The van der Waals surface area contributed by atoms with E-state index in [9.17, 15) is 5.26 Å². The molecule has 1 unspecified atom stereocenters. The number of rotatable bonds is 3. The largest absolute Gasteiger partial charge is 0.384 e. The summed E-state index contributed by atoms with van der Waals surface area (Å²) >= 11 is 0. The van der Waals surface area contributed by atoms with Gasteiger partial charge in [-0.15, -0.1) is 0 Å². The summed E-state index contributed by atoms with van der Waals surface area (Å²) in [4.78, 5) is 6.64. The van der Waals surface area contributed by atoms with Gasteiger partial charge in [-0.05, 0) is 26.3 Å². The number of hydrogen-bond donors (Lipinski definition) is 0. The summed E-state index contributed by atoms with van der Waals surface area (Å²) in [6.07, 6.45) is 1.12. The number of anilines is 1. The van der Waals surface area contributed by atoms with E-state index in [-0.39, 0.29) is 0 Å². The maximum absolute atomic E-state index is 9.28. The Morgan fingerprint density at radius 2 is 2.33 bits per heavy atom. The fraction of sp³-hybridized carbons (Fsp3) is 0.571. The van der Waals surface area contributed by atoms with Crippen LogP contribution in [0.15, 0.2) is 6.07 Å². The average molecular weight is 245 g/mol. The predicted octanol–water partition coefficient (Wildman–Crippen LogP) is 2.04. The molecule has 0 spiro atoms. The highest BCUT2D eigenvalue weighted by molar-refractivity contribution is 5.62. The van der Waals surface area contributed by atoms with Crippen molar-refractivity contribution >= 4 is 5.69 Å². The highest BCUT2D eigenvalue weighted by atomic mass is 16.5. The molecule has 0 radical (unpaired) electrons. The molecule has 4 heteroatoms. The first-order valence-corrected chi connectivity index (χ1v) is 6.28. The van der Waals surface area contributed by atoms with E-state index in [0.717, 1.165) is 43.2 Å². The molecule has 0 saturated carbocycles. The van der Waals surface area contributed by atoms with Gasteiger partial charge < -0.3 is 9.64 Å². The van der Waals surface area contributed by atoms with Gasteiger partial charge in [0, 0.05) is 31.8 Å². The third-order valence-corrected chi connectivity index (χ3v) is 3.45. The van der Waals surface area contributed by atoms with Crippen LogP contribution in [-0.4, -0.2) is 31.8 Å². The van der Waals surface area contributed by atoms with Gasteiger partial charge in [0.05, 0.1) is 23.6 Å². The molecule has 96 valence electrons. The number of methoxy groups -OCH3 is 1. The van der Waals surface area contributed by atoms with Gasteiger partial charge in [0.15, 0.2) is 0 Å². The van der Waals surface area contributed by atoms with Crippen LogP contribution in [0.1, 0.15) is 23.4 Å². The van der Waals surface area contributed by atoms with Gasteiger partial charge in [0.25, 0.3) is 0 Å². The Kier molecular flexibility index (Phi) is 3.83. The second-order valence-corrected chi connectivity index (χ2v) is 4.91. The van der Waals surface area contributed by atoms with Crippen LogP contribution in [0.25, 0.3) is 0 Å². The zero-order valence-electron chi connectivity index (χ0n) is 11.2. The number of aromatic nitrogens is 1. The van der Waals surface area contributed by atoms with E-state index in [2.05, 4.69) is 16.0 Å². The Morgan fingerprint density at radius 1 is 1.56 bits per heavy atom. The zero-order chi connectivity index (χ0) is 13.1. The summed E-state index contributed by atoms with van der Waals surface area (Å²) in [6, 6.07) is 4.29. The van der Waals surface area contributed by atoms with Gasteiger partial charge in [-0.2, -0.15) is 5.26 Å². The zero-order valence-corrected chi connectivity index (χ0v) is 11.2. The highest BCUT2D eigenvalue weighted by Crippen LogP contribution is 2.28. The van der Waals surface area contributed by atoms with E-state index < -0.39 is 0 Å². The van der Waals surface area contributed by atoms with Crippen LogP contribution in [0.3, 0.4) is 0 Å². The van der Waals surface area contributed by atoms with Crippen LogP contribution in [0.4, 0.5) is 5.69 Å². The average Bonchev–Trinajstić information content (AvgIpc) is 2.77. The van der Waals surface area contributed by atoms with Crippen molar-refractivity contribution in [1.82, 2.24) is 4.98 Å². The number of pyridine rings is 1. The van der Waals surface area contributed by atoms with Gasteiger partial charge >= 0.3 is 0 Å². The quantitative estimate of drug-likeness (QED) is 0.817. The van der Waals surface area contributed by atoms with Crippen LogP contribution in [0.5, 0.6) is 0 Å². The lowest BCUT2D eigenvalue weighted by atomic mass is 10.1. The summed E-state index contributed by atoms with van der Waals surface area (Å²) in [7, 11) is 1.74. The number of nitrogens with zero attached hydrogens (tertiary/aromatic N) is 3. The van der Waals surface area contributed by atoms with E-state index in [1.54, 1.807) is 7.11 Å². The summed E-state index contributed by atoms with van der Waals surface area (Å²) in [5.41, 5.74) is 3.53. The molecule has 0 aromatic carbocycles. The molecule has 1 aromatic heterocycles. The second kappa shape index (κ2) is 5.36. The Labute approximate surface area is 108 Å². The lowest BCUT2D eigenvalue weighted by molar-refractivity contribution is 0.161. The SMILES string of the molecule is COCC1CCN(c2cc(C)nc(C)c2C#N)C1. The maximum atomic E-state index is 9.28. The van der Waals surface area contributed by atoms with Crippen molar-refractivity contribution in [2.45, 2.75) is 20.3 Å². The molecule has 2 heterocycles. The molecule has 0 amide bonds. The summed E-state index contributed by atoms with van der Waals surface area (Å²) in [5, 5.41) is 9.28. The Bertz CT molecular complexity index is 479. The van der Waals surface area contributed by atoms with Gasteiger partial charge in [-0.3, -0.25) is 4.98 Å². The summed E-state index contributed by atoms with van der Waals surface area (Å²) in [6.45, 7) is 6.62. The summed E-state index contributed by atoms with van der Waals surface area (Å²) in [5.74, 6) is 0.565. The molecule has 1 aliphatic heterocycles. The molecule has 0 bridgehead atoms. The van der Waals surface area contributed by atoms with Crippen molar-refractivity contribution in [2.75, 3.05) is 31.7 Å². The van der Waals surface area contributed by atoms with Gasteiger partial charge in [0.2, 0.25) is 0 Å². The van der Waals surface area contributed by atoms with Crippen molar-refractivity contribution in [3.05, 3.63) is 23.0 Å². The lowest BCUT2D eigenvalue weighted by Crippen LogP contribution is -2.22. The fourth-order valence-electron chi connectivity index (χ4n) is 2.62. The topological polar surface area (TPSA) is 49.1 Å². The van der Waals surface area contributed by atoms with Crippen LogP contribution in [0.2, 0.25) is 0 Å². The smallest absolute Gasteiger partial charge is 0.103 e. The van der Waals surface area contributed by atoms with Crippen molar-refractivity contribution in [3.63, 3.8) is 0 Å². The second-order valence-electron chi connectivity index (χ2n) is 4.91. The van der Waals surface area contributed by atoms with E-state index in [1.165, 1.54) is 0 Å². The molecule has 1 aliphatic rings. The lowest BCUT2D eigenvalue weighted by Gasteiger charge is -2.21. The third-order valence-electron chi connectivity index (χ3n) is 3.45. The Morgan fingerprint density at radius 3 is 3.00 bits per heavy atom. The minimum atomic E-state index is 0.565. The number of hydrogen-bond acceptors (Lipinski definition) is 4. The van der Waals surface area contributed by atoms with Crippen molar-refractivity contribution < 1.29 is 4.74 Å². The van der Waals surface area contributed by atoms with E-state index >= 15 is 0 Å². The number of ether oxygens (including phenoxy) is 1. The van der Waals surface area contributed by atoms with Crippen molar-refractivity contribution in [1.29, 1.82) is 5.26 Å². The first-order valence-electron chi connectivity index (χ1n) is 6.28. The highest BCUT2D eigenvalue weighted by Gasteiger charge is 2.25. The molecule has 1 atom stereocenters. The molecular formula is C14H19N3O. The molecule has 1 aromatic rings. The van der Waals surface area contributed by atoms with Gasteiger partial charge in [0.1, 0.15) is 6.07 Å². The molecule has 4 nitrogen and oxygen atoms in total. The molecule has 0 N–H and O–H groups in total. The molecule has 1 fully saturated rings. The first kappa shape index (κ1) is 12.8.